The number of unbranched alkanes of at least 4 members (excludes halogenated alkanes) is 2. The maximum absolute atomic E-state index is 13.0. The van der Waals surface area contributed by atoms with Crippen molar-refractivity contribution < 1.29 is 13.9 Å². The summed E-state index contributed by atoms with van der Waals surface area (Å²) in [7, 11) is 0. The highest BCUT2D eigenvalue weighted by atomic mass is 35.5. The molecule has 0 fully saturated rings. The van der Waals surface area contributed by atoms with Crippen molar-refractivity contribution >= 4 is 17.4 Å². The Balaban J connectivity index is 2.56. The zero-order valence-electron chi connectivity index (χ0n) is 9.84. The Kier molecular flexibility index (Phi) is 5.98. The van der Waals surface area contributed by atoms with Gasteiger partial charge in [0.25, 0.3) is 0 Å². The summed E-state index contributed by atoms with van der Waals surface area (Å²) in [5.74, 6) is 0.438. The van der Waals surface area contributed by atoms with Crippen LogP contribution in [0.3, 0.4) is 0 Å². The second kappa shape index (κ2) is 7.28. The second-order valence-electron chi connectivity index (χ2n) is 3.79. The lowest BCUT2D eigenvalue weighted by Gasteiger charge is -2.09. The van der Waals surface area contributed by atoms with Crippen LogP contribution in [0, 0.1) is 5.82 Å². The van der Waals surface area contributed by atoms with Gasteiger partial charge in [0.1, 0.15) is 11.6 Å². The van der Waals surface area contributed by atoms with E-state index in [2.05, 4.69) is 0 Å². The molecule has 0 aliphatic rings. The molecule has 4 heteroatoms. The van der Waals surface area contributed by atoms with Gasteiger partial charge in [-0.3, -0.25) is 4.79 Å². The summed E-state index contributed by atoms with van der Waals surface area (Å²) in [6, 6.07) is 3.96. The molecule has 17 heavy (non-hydrogen) atoms. The third kappa shape index (κ3) is 4.73. The zero-order chi connectivity index (χ0) is 12.7. The largest absolute Gasteiger partial charge is 0.493 e. The van der Waals surface area contributed by atoms with Crippen molar-refractivity contribution in [1.82, 2.24) is 0 Å². The summed E-state index contributed by atoms with van der Waals surface area (Å²) >= 11 is 5.55. The lowest BCUT2D eigenvalue weighted by Crippen LogP contribution is -2.03. The summed E-state index contributed by atoms with van der Waals surface area (Å²) in [5.41, 5.74) is 0.420. The molecule has 0 radical (unpaired) electrons. The molecule has 2 nitrogen and oxygen atoms in total. The summed E-state index contributed by atoms with van der Waals surface area (Å²) in [4.78, 5) is 11.3. The molecule has 1 rings (SSSR count). The quantitative estimate of drug-likeness (QED) is 0.422. The maximum Gasteiger partial charge on any atom is 0.163 e. The van der Waals surface area contributed by atoms with Gasteiger partial charge in [-0.2, -0.15) is 0 Å². The minimum absolute atomic E-state index is 0.124. The minimum atomic E-state index is -0.397. The van der Waals surface area contributed by atoms with E-state index in [1.54, 1.807) is 0 Å². The predicted molar refractivity (Wildman–Crippen MR) is 66.5 cm³/mol. The molecule has 1 aromatic rings. The predicted octanol–water partition coefficient (Wildman–Crippen LogP) is 3.82. The topological polar surface area (TPSA) is 26.3 Å². The van der Waals surface area contributed by atoms with Crippen LogP contribution in [0.4, 0.5) is 4.39 Å². The average molecular weight is 259 g/mol. The standard InChI is InChI=1S/C13H16ClFO2/c1-10(16)12-6-5-11(15)9-13(12)17-8-4-2-3-7-14/h5-6,9H,2-4,7-8H2,1H3. The Bertz CT molecular complexity index is 380. The number of Topliss-reactive ketones (excluding diaryl/α,β-unsaturated/α-hetero) is 1. The van der Waals surface area contributed by atoms with E-state index in [1.165, 1.54) is 25.1 Å². The first-order chi connectivity index (χ1) is 8.15. The fraction of sp³-hybridized carbons (Fsp3) is 0.462. The number of benzene rings is 1. The molecule has 0 atom stereocenters. The summed E-state index contributed by atoms with van der Waals surface area (Å²) in [6.45, 7) is 1.91. The van der Waals surface area contributed by atoms with Gasteiger partial charge in [0.15, 0.2) is 5.78 Å². The number of hydrogen-bond acceptors (Lipinski definition) is 2. The van der Waals surface area contributed by atoms with Crippen LogP contribution in [-0.4, -0.2) is 18.3 Å². The number of halogens is 2. The SMILES string of the molecule is CC(=O)c1ccc(F)cc1OCCCCCCl. The molecule has 0 N–H and O–H groups in total. The van der Waals surface area contributed by atoms with Crippen LogP contribution >= 0.6 is 11.6 Å². The van der Waals surface area contributed by atoms with Crippen LogP contribution in [0.1, 0.15) is 36.5 Å². The van der Waals surface area contributed by atoms with E-state index in [0.29, 0.717) is 23.8 Å². The smallest absolute Gasteiger partial charge is 0.163 e. The van der Waals surface area contributed by atoms with E-state index >= 15 is 0 Å². The normalized spacial score (nSPS) is 10.3. The van der Waals surface area contributed by atoms with Gasteiger partial charge in [0.2, 0.25) is 0 Å². The lowest BCUT2D eigenvalue weighted by atomic mass is 10.1. The Morgan fingerprint density at radius 2 is 2.12 bits per heavy atom. The van der Waals surface area contributed by atoms with Crippen molar-refractivity contribution in [1.29, 1.82) is 0 Å². The van der Waals surface area contributed by atoms with Gasteiger partial charge in [0, 0.05) is 11.9 Å². The lowest BCUT2D eigenvalue weighted by molar-refractivity contribution is 0.101. The number of ether oxygens (including phenoxy) is 1. The van der Waals surface area contributed by atoms with Crippen LogP contribution in [0.15, 0.2) is 18.2 Å². The minimum Gasteiger partial charge on any atom is -0.493 e. The number of carbonyl (C=O) groups excluding carboxylic acids is 1. The van der Waals surface area contributed by atoms with E-state index < -0.39 is 5.82 Å². The third-order valence-corrected chi connectivity index (χ3v) is 2.63. The van der Waals surface area contributed by atoms with Crippen molar-refractivity contribution in [3.63, 3.8) is 0 Å². The number of hydrogen-bond donors (Lipinski definition) is 0. The Morgan fingerprint density at radius 3 is 2.76 bits per heavy atom. The van der Waals surface area contributed by atoms with E-state index in [9.17, 15) is 9.18 Å². The third-order valence-electron chi connectivity index (χ3n) is 2.36. The van der Waals surface area contributed by atoms with E-state index in [4.69, 9.17) is 16.3 Å². The molecule has 0 spiro atoms. The van der Waals surface area contributed by atoms with E-state index in [-0.39, 0.29) is 5.78 Å². The van der Waals surface area contributed by atoms with Gasteiger partial charge in [0.05, 0.1) is 12.2 Å². The van der Waals surface area contributed by atoms with Crippen LogP contribution in [0.2, 0.25) is 0 Å². The molecule has 94 valence electrons. The van der Waals surface area contributed by atoms with Crippen molar-refractivity contribution in [3.05, 3.63) is 29.6 Å². The molecular formula is C13H16ClFO2. The van der Waals surface area contributed by atoms with Gasteiger partial charge in [-0.15, -0.1) is 11.6 Å². The van der Waals surface area contributed by atoms with Crippen LogP contribution < -0.4 is 4.74 Å². The number of ketones is 1. The Hall–Kier alpha value is -1.09. The van der Waals surface area contributed by atoms with Gasteiger partial charge in [-0.05, 0) is 38.3 Å². The van der Waals surface area contributed by atoms with Crippen LogP contribution in [0.25, 0.3) is 0 Å². The molecular weight excluding hydrogens is 243 g/mol. The number of carbonyl (C=O) groups is 1. The highest BCUT2D eigenvalue weighted by Gasteiger charge is 2.09. The molecule has 0 heterocycles. The van der Waals surface area contributed by atoms with E-state index in [0.717, 1.165) is 19.3 Å². The number of rotatable bonds is 7. The molecule has 0 aliphatic carbocycles. The van der Waals surface area contributed by atoms with Crippen molar-refractivity contribution in [2.24, 2.45) is 0 Å². The van der Waals surface area contributed by atoms with Crippen LogP contribution in [0.5, 0.6) is 5.75 Å². The summed E-state index contributed by atoms with van der Waals surface area (Å²) in [6.07, 6.45) is 2.75. The monoisotopic (exact) mass is 258 g/mol. The maximum atomic E-state index is 13.0. The first-order valence-corrected chi connectivity index (χ1v) is 6.18. The average Bonchev–Trinajstić information content (AvgIpc) is 2.28. The van der Waals surface area contributed by atoms with Crippen molar-refractivity contribution in [3.8, 4) is 5.75 Å². The molecule has 0 saturated carbocycles. The van der Waals surface area contributed by atoms with Gasteiger partial charge in [-0.1, -0.05) is 0 Å². The summed E-state index contributed by atoms with van der Waals surface area (Å²) in [5, 5.41) is 0. The molecule has 0 aromatic heterocycles. The fourth-order valence-corrected chi connectivity index (χ4v) is 1.65. The molecule has 0 bridgehead atoms. The van der Waals surface area contributed by atoms with E-state index in [1.807, 2.05) is 0 Å². The second-order valence-corrected chi connectivity index (χ2v) is 4.17. The van der Waals surface area contributed by atoms with Gasteiger partial charge < -0.3 is 4.74 Å². The molecule has 0 amide bonds. The first kappa shape index (κ1) is 14.0. The molecule has 0 saturated heterocycles. The fourth-order valence-electron chi connectivity index (χ4n) is 1.46. The Labute approximate surface area is 106 Å². The highest BCUT2D eigenvalue weighted by Crippen LogP contribution is 2.20. The van der Waals surface area contributed by atoms with Gasteiger partial charge >= 0.3 is 0 Å². The summed E-state index contributed by atoms with van der Waals surface area (Å²) < 4.78 is 18.5. The Morgan fingerprint density at radius 1 is 1.35 bits per heavy atom. The first-order valence-electron chi connectivity index (χ1n) is 5.64. The zero-order valence-corrected chi connectivity index (χ0v) is 10.6. The molecule has 1 aromatic carbocycles. The van der Waals surface area contributed by atoms with Crippen molar-refractivity contribution in [2.75, 3.05) is 12.5 Å². The van der Waals surface area contributed by atoms with Crippen LogP contribution in [-0.2, 0) is 0 Å². The highest BCUT2D eigenvalue weighted by molar-refractivity contribution is 6.17. The van der Waals surface area contributed by atoms with Crippen molar-refractivity contribution in [2.45, 2.75) is 26.2 Å². The molecule has 0 unspecified atom stereocenters. The molecule has 0 aliphatic heterocycles. The van der Waals surface area contributed by atoms with Gasteiger partial charge in [-0.25, -0.2) is 4.39 Å². The number of alkyl halides is 1.